The zero-order valence-electron chi connectivity index (χ0n) is 18.1. The molecule has 2 heterocycles. The molecule has 2 aromatic carbocycles. The third-order valence-corrected chi connectivity index (χ3v) is 6.52. The minimum absolute atomic E-state index is 0.225. The number of anilines is 1. The number of benzene rings is 2. The zero-order chi connectivity index (χ0) is 23.5. The van der Waals surface area contributed by atoms with Crippen LogP contribution in [0.15, 0.2) is 54.6 Å². The molecule has 0 aliphatic heterocycles. The van der Waals surface area contributed by atoms with Crippen LogP contribution in [-0.4, -0.2) is 23.5 Å². The van der Waals surface area contributed by atoms with Gasteiger partial charge in [-0.05, 0) is 37.1 Å². The Hall–Kier alpha value is -3.42. The van der Waals surface area contributed by atoms with Gasteiger partial charge >= 0.3 is 5.97 Å². The molecular formula is C25H22ClN3O3S. The van der Waals surface area contributed by atoms with Gasteiger partial charge in [-0.1, -0.05) is 54.1 Å². The quantitative estimate of drug-likeness (QED) is 0.350. The molecule has 4 rings (SSSR count). The molecule has 1 amide bonds. The summed E-state index contributed by atoms with van der Waals surface area (Å²) in [5, 5.41) is 4.03. The maximum atomic E-state index is 13.0. The second-order valence-corrected chi connectivity index (χ2v) is 8.80. The van der Waals surface area contributed by atoms with Crippen LogP contribution >= 0.6 is 22.9 Å². The number of carbonyl (C=O) groups is 2. The van der Waals surface area contributed by atoms with E-state index in [4.69, 9.17) is 22.1 Å². The number of rotatable bonds is 6. The molecule has 4 aromatic rings. The van der Waals surface area contributed by atoms with Gasteiger partial charge in [0.25, 0.3) is 5.91 Å². The summed E-state index contributed by atoms with van der Waals surface area (Å²) in [6, 6.07) is 16.7. The fraction of sp³-hybridized carbons (Fsp3) is 0.160. The molecule has 0 spiro atoms. The van der Waals surface area contributed by atoms with E-state index in [-0.39, 0.29) is 18.2 Å². The number of amides is 1. The van der Waals surface area contributed by atoms with E-state index in [9.17, 15) is 9.59 Å². The molecule has 2 aromatic heterocycles. The predicted octanol–water partition coefficient (Wildman–Crippen LogP) is 5.61. The molecule has 0 saturated heterocycles. The van der Waals surface area contributed by atoms with Crippen molar-refractivity contribution in [1.82, 2.24) is 10.3 Å². The van der Waals surface area contributed by atoms with E-state index in [0.29, 0.717) is 43.5 Å². The Morgan fingerprint density at radius 3 is 2.48 bits per heavy atom. The van der Waals surface area contributed by atoms with Crippen molar-refractivity contribution in [3.63, 3.8) is 0 Å². The van der Waals surface area contributed by atoms with Crippen molar-refractivity contribution >= 4 is 50.7 Å². The summed E-state index contributed by atoms with van der Waals surface area (Å²) in [4.78, 5) is 31.4. The molecule has 0 aliphatic carbocycles. The number of aryl methyl sites for hydroxylation is 1. The monoisotopic (exact) mass is 479 g/mol. The largest absolute Gasteiger partial charge is 0.462 e. The smallest absolute Gasteiger partial charge is 0.340 e. The van der Waals surface area contributed by atoms with Crippen LogP contribution < -0.4 is 11.1 Å². The number of hydrogen-bond donors (Lipinski definition) is 2. The van der Waals surface area contributed by atoms with E-state index < -0.39 is 5.97 Å². The van der Waals surface area contributed by atoms with Crippen molar-refractivity contribution in [2.24, 2.45) is 0 Å². The minimum Gasteiger partial charge on any atom is -0.462 e. The summed E-state index contributed by atoms with van der Waals surface area (Å²) in [5.74, 6) is -0.785. The average molecular weight is 480 g/mol. The molecule has 0 unspecified atom stereocenters. The maximum absolute atomic E-state index is 13.0. The number of ether oxygens (including phenoxy) is 1. The van der Waals surface area contributed by atoms with Gasteiger partial charge in [-0.3, -0.25) is 4.79 Å². The molecule has 8 heteroatoms. The van der Waals surface area contributed by atoms with Crippen LogP contribution in [0.3, 0.4) is 0 Å². The van der Waals surface area contributed by atoms with Gasteiger partial charge in [0.05, 0.1) is 23.6 Å². The molecule has 3 N–H and O–H groups in total. The second-order valence-electron chi connectivity index (χ2n) is 7.37. The van der Waals surface area contributed by atoms with Gasteiger partial charge in [0.2, 0.25) is 0 Å². The van der Waals surface area contributed by atoms with Crippen molar-refractivity contribution in [3.05, 3.63) is 81.3 Å². The molecule has 33 heavy (non-hydrogen) atoms. The van der Waals surface area contributed by atoms with Crippen LogP contribution in [0.4, 0.5) is 5.69 Å². The van der Waals surface area contributed by atoms with Crippen LogP contribution in [0, 0.1) is 6.92 Å². The fourth-order valence-corrected chi connectivity index (χ4v) is 4.84. The van der Waals surface area contributed by atoms with Gasteiger partial charge in [0.1, 0.15) is 9.71 Å². The number of fused-ring (bicyclic) bond motifs is 1. The topological polar surface area (TPSA) is 94.3 Å². The molecule has 0 radical (unpaired) electrons. The lowest BCUT2D eigenvalue weighted by Crippen LogP contribution is -2.22. The number of esters is 1. The van der Waals surface area contributed by atoms with E-state index in [0.717, 1.165) is 11.1 Å². The van der Waals surface area contributed by atoms with Crippen LogP contribution in [0.2, 0.25) is 5.02 Å². The Kier molecular flexibility index (Phi) is 6.62. The van der Waals surface area contributed by atoms with Crippen LogP contribution in [-0.2, 0) is 11.3 Å². The number of nitrogens with one attached hydrogen (secondary N) is 1. The van der Waals surface area contributed by atoms with Gasteiger partial charge in [-0.15, -0.1) is 11.3 Å². The lowest BCUT2D eigenvalue weighted by atomic mass is 9.95. The van der Waals surface area contributed by atoms with Gasteiger partial charge in [0.15, 0.2) is 0 Å². The van der Waals surface area contributed by atoms with E-state index in [1.54, 1.807) is 26.0 Å². The predicted molar refractivity (Wildman–Crippen MR) is 133 cm³/mol. The van der Waals surface area contributed by atoms with Crippen LogP contribution in [0.5, 0.6) is 0 Å². The van der Waals surface area contributed by atoms with Gasteiger partial charge < -0.3 is 15.8 Å². The van der Waals surface area contributed by atoms with Crippen molar-refractivity contribution in [2.45, 2.75) is 20.4 Å². The summed E-state index contributed by atoms with van der Waals surface area (Å²) in [5.41, 5.74) is 9.91. The van der Waals surface area contributed by atoms with E-state index in [1.807, 2.05) is 42.5 Å². The highest BCUT2D eigenvalue weighted by Gasteiger charge is 2.27. The van der Waals surface area contributed by atoms with Crippen LogP contribution in [0.1, 0.15) is 38.2 Å². The molecule has 0 aliphatic rings. The first kappa shape index (κ1) is 22.8. The molecule has 6 nitrogen and oxygen atoms in total. The Bertz CT molecular complexity index is 1340. The molecular weight excluding hydrogens is 458 g/mol. The number of nitrogens with zero attached hydrogens (tertiary/aromatic N) is 1. The minimum atomic E-state index is -0.491. The van der Waals surface area contributed by atoms with Crippen molar-refractivity contribution < 1.29 is 14.3 Å². The highest BCUT2D eigenvalue weighted by Crippen LogP contribution is 2.42. The zero-order valence-corrected chi connectivity index (χ0v) is 19.7. The summed E-state index contributed by atoms with van der Waals surface area (Å²) in [6.45, 7) is 4.09. The lowest BCUT2D eigenvalue weighted by molar-refractivity contribution is 0.0526. The first-order valence-corrected chi connectivity index (χ1v) is 11.6. The number of halogens is 1. The highest BCUT2D eigenvalue weighted by atomic mass is 35.5. The van der Waals surface area contributed by atoms with Crippen molar-refractivity contribution in [2.75, 3.05) is 12.3 Å². The SMILES string of the molecule is CCOC(=O)c1c(C)nc2sc(C(=O)NCc3ccccc3)c(N)c2c1-c1ccc(Cl)cc1. The van der Waals surface area contributed by atoms with Crippen LogP contribution in [0.25, 0.3) is 21.3 Å². The Morgan fingerprint density at radius 1 is 1.12 bits per heavy atom. The van der Waals surface area contributed by atoms with Crippen molar-refractivity contribution in [1.29, 1.82) is 0 Å². The molecule has 0 fully saturated rings. The number of hydrogen-bond acceptors (Lipinski definition) is 6. The number of nitrogen functional groups attached to an aromatic ring is 1. The van der Waals surface area contributed by atoms with Gasteiger partial charge in [-0.25, -0.2) is 9.78 Å². The van der Waals surface area contributed by atoms with Gasteiger partial charge in [-0.2, -0.15) is 0 Å². The summed E-state index contributed by atoms with van der Waals surface area (Å²) >= 11 is 7.28. The highest BCUT2D eigenvalue weighted by molar-refractivity contribution is 7.21. The summed E-state index contributed by atoms with van der Waals surface area (Å²) < 4.78 is 5.30. The number of nitrogens with two attached hydrogens (primary N) is 1. The van der Waals surface area contributed by atoms with E-state index in [1.165, 1.54) is 11.3 Å². The first-order valence-electron chi connectivity index (χ1n) is 10.4. The standard InChI is InChI=1S/C25H22ClN3O3S/c1-3-32-25(31)18-14(2)29-24-20(19(18)16-9-11-17(26)12-10-16)21(27)22(33-24)23(30)28-13-15-7-5-4-6-8-15/h4-12H,3,13,27H2,1-2H3,(H,28,30). The van der Waals surface area contributed by atoms with E-state index in [2.05, 4.69) is 10.3 Å². The Morgan fingerprint density at radius 2 is 1.82 bits per heavy atom. The number of pyridine rings is 1. The summed E-state index contributed by atoms with van der Waals surface area (Å²) in [7, 11) is 0. The first-order chi connectivity index (χ1) is 15.9. The molecule has 168 valence electrons. The number of carbonyl (C=O) groups excluding carboxylic acids is 2. The lowest BCUT2D eigenvalue weighted by Gasteiger charge is -2.14. The Balaban J connectivity index is 1.85. The van der Waals surface area contributed by atoms with E-state index >= 15 is 0 Å². The average Bonchev–Trinajstić information content (AvgIpc) is 3.14. The third kappa shape index (κ3) is 4.55. The normalized spacial score (nSPS) is 10.9. The Labute approximate surface area is 200 Å². The third-order valence-electron chi connectivity index (χ3n) is 5.17. The van der Waals surface area contributed by atoms with Gasteiger partial charge in [0, 0.05) is 22.5 Å². The number of aromatic nitrogens is 1. The number of thiophene rings is 1. The molecule has 0 atom stereocenters. The molecule has 0 saturated carbocycles. The summed E-state index contributed by atoms with van der Waals surface area (Å²) in [6.07, 6.45) is 0. The second kappa shape index (κ2) is 9.60. The van der Waals surface area contributed by atoms with Crippen molar-refractivity contribution in [3.8, 4) is 11.1 Å². The maximum Gasteiger partial charge on any atom is 0.340 e. The fourth-order valence-electron chi connectivity index (χ4n) is 3.65. The molecule has 0 bridgehead atoms.